The predicted octanol–water partition coefficient (Wildman–Crippen LogP) is 4.16. The Bertz CT molecular complexity index is 749. The lowest BCUT2D eigenvalue weighted by Gasteiger charge is -2.09. The summed E-state index contributed by atoms with van der Waals surface area (Å²) < 4.78 is 11.2. The minimum atomic E-state index is -0.509. The number of non-ortho nitro benzene ring substituents is 1. The molecule has 0 spiro atoms. The third-order valence-electron chi connectivity index (χ3n) is 3.31. The largest absolute Gasteiger partial charge is 0.497 e. The summed E-state index contributed by atoms with van der Waals surface area (Å²) in [6, 6.07) is 11.4. The zero-order valence-corrected chi connectivity index (χ0v) is 15.1. The Hall–Kier alpha value is -2.61. The highest BCUT2D eigenvalue weighted by Crippen LogP contribution is 2.27. The van der Waals surface area contributed by atoms with Crippen LogP contribution in [0.1, 0.15) is 12.8 Å². The summed E-state index contributed by atoms with van der Waals surface area (Å²) in [4.78, 5) is 22.2. The van der Waals surface area contributed by atoms with E-state index in [4.69, 9.17) is 9.47 Å². The van der Waals surface area contributed by atoms with Crippen LogP contribution in [0.3, 0.4) is 0 Å². The average molecular weight is 409 g/mol. The molecule has 25 heavy (non-hydrogen) atoms. The van der Waals surface area contributed by atoms with Crippen molar-refractivity contribution in [3.63, 3.8) is 0 Å². The number of benzene rings is 2. The van der Waals surface area contributed by atoms with E-state index in [1.54, 1.807) is 31.4 Å². The molecule has 132 valence electrons. The highest BCUT2D eigenvalue weighted by atomic mass is 79.9. The van der Waals surface area contributed by atoms with E-state index >= 15 is 0 Å². The van der Waals surface area contributed by atoms with Crippen LogP contribution >= 0.6 is 15.9 Å². The number of hydrogen-bond acceptors (Lipinski definition) is 5. The minimum Gasteiger partial charge on any atom is -0.497 e. The lowest BCUT2D eigenvalue weighted by molar-refractivity contribution is -0.384. The Morgan fingerprint density at radius 1 is 1.20 bits per heavy atom. The summed E-state index contributed by atoms with van der Waals surface area (Å²) in [5.41, 5.74) is 0.289. The summed E-state index contributed by atoms with van der Waals surface area (Å²) in [5, 5.41) is 13.4. The second kappa shape index (κ2) is 9.03. The minimum absolute atomic E-state index is 0.0821. The molecule has 0 aromatic heterocycles. The van der Waals surface area contributed by atoms with Crippen molar-refractivity contribution in [1.82, 2.24) is 0 Å². The molecule has 0 atom stereocenters. The SMILES string of the molecule is COc1ccc(OCCCC(=O)Nc2cc([N+](=O)[O-])ccc2Br)cc1. The van der Waals surface area contributed by atoms with Crippen molar-refractivity contribution in [3.8, 4) is 11.5 Å². The molecule has 0 saturated carbocycles. The molecule has 2 rings (SSSR count). The maximum Gasteiger partial charge on any atom is 0.271 e. The molecule has 0 aliphatic rings. The van der Waals surface area contributed by atoms with E-state index in [1.165, 1.54) is 18.2 Å². The van der Waals surface area contributed by atoms with Crippen molar-refractivity contribution in [1.29, 1.82) is 0 Å². The van der Waals surface area contributed by atoms with Crippen LogP contribution in [0.4, 0.5) is 11.4 Å². The number of nitrogens with one attached hydrogen (secondary N) is 1. The predicted molar refractivity (Wildman–Crippen MR) is 97.1 cm³/mol. The van der Waals surface area contributed by atoms with Gasteiger partial charge in [-0.2, -0.15) is 0 Å². The Labute approximate surface area is 153 Å². The Morgan fingerprint density at radius 3 is 2.52 bits per heavy atom. The smallest absolute Gasteiger partial charge is 0.271 e. The van der Waals surface area contributed by atoms with Crippen LogP contribution in [0.25, 0.3) is 0 Å². The molecule has 0 fully saturated rings. The second-order valence-electron chi connectivity index (χ2n) is 5.10. The highest BCUT2D eigenvalue weighted by Gasteiger charge is 2.11. The summed E-state index contributed by atoms with van der Waals surface area (Å²) >= 11 is 3.26. The maximum atomic E-state index is 12.0. The molecule has 1 amide bonds. The standard InChI is InChI=1S/C17H17BrN2O5/c1-24-13-5-7-14(8-6-13)25-10-2-3-17(21)19-16-11-12(20(22)23)4-9-15(16)18/h4-9,11H,2-3,10H2,1H3,(H,19,21). The fraction of sp³-hybridized carbons (Fsp3) is 0.235. The van der Waals surface area contributed by atoms with E-state index in [0.29, 0.717) is 28.9 Å². The monoisotopic (exact) mass is 408 g/mol. The Morgan fingerprint density at radius 2 is 1.88 bits per heavy atom. The molecule has 0 saturated heterocycles. The number of hydrogen-bond donors (Lipinski definition) is 1. The molecule has 2 aromatic rings. The summed E-state index contributed by atoms with van der Waals surface area (Å²) in [6.07, 6.45) is 0.760. The highest BCUT2D eigenvalue weighted by molar-refractivity contribution is 9.10. The van der Waals surface area contributed by atoms with Crippen LogP contribution in [0, 0.1) is 10.1 Å². The van der Waals surface area contributed by atoms with Crippen molar-refractivity contribution >= 4 is 33.2 Å². The first-order chi connectivity index (χ1) is 12.0. The van der Waals surface area contributed by atoms with E-state index in [0.717, 1.165) is 5.75 Å². The molecule has 7 nitrogen and oxygen atoms in total. The first-order valence-electron chi connectivity index (χ1n) is 7.50. The fourth-order valence-corrected chi connectivity index (χ4v) is 2.38. The van der Waals surface area contributed by atoms with Gasteiger partial charge in [0.25, 0.3) is 5.69 Å². The summed E-state index contributed by atoms with van der Waals surface area (Å²) in [5.74, 6) is 1.21. The van der Waals surface area contributed by atoms with Crippen LogP contribution in [0.2, 0.25) is 0 Å². The third-order valence-corrected chi connectivity index (χ3v) is 4.00. The molecular formula is C17H17BrN2O5. The van der Waals surface area contributed by atoms with E-state index < -0.39 is 4.92 Å². The number of ether oxygens (including phenoxy) is 2. The molecule has 0 aliphatic heterocycles. The van der Waals surface area contributed by atoms with Gasteiger partial charge in [0.15, 0.2) is 0 Å². The van der Waals surface area contributed by atoms with Gasteiger partial charge in [0.05, 0.1) is 24.3 Å². The van der Waals surface area contributed by atoms with Crippen LogP contribution in [-0.2, 0) is 4.79 Å². The zero-order valence-electron chi connectivity index (χ0n) is 13.5. The average Bonchev–Trinajstić information content (AvgIpc) is 2.61. The van der Waals surface area contributed by atoms with Crippen molar-refractivity contribution in [2.24, 2.45) is 0 Å². The van der Waals surface area contributed by atoms with Gasteiger partial charge in [0.1, 0.15) is 11.5 Å². The number of carbonyl (C=O) groups excluding carboxylic acids is 1. The molecule has 0 heterocycles. The lowest BCUT2D eigenvalue weighted by Crippen LogP contribution is -2.13. The van der Waals surface area contributed by atoms with E-state index in [-0.39, 0.29) is 18.0 Å². The van der Waals surface area contributed by atoms with Gasteiger partial charge in [-0.15, -0.1) is 0 Å². The zero-order chi connectivity index (χ0) is 18.2. The van der Waals surface area contributed by atoms with Crippen molar-refractivity contribution in [2.45, 2.75) is 12.8 Å². The number of carbonyl (C=O) groups is 1. The van der Waals surface area contributed by atoms with Crippen molar-refractivity contribution in [2.75, 3.05) is 19.0 Å². The number of amides is 1. The van der Waals surface area contributed by atoms with Gasteiger partial charge in [0, 0.05) is 23.0 Å². The van der Waals surface area contributed by atoms with E-state index in [2.05, 4.69) is 21.2 Å². The first kappa shape index (κ1) is 18.7. The summed E-state index contributed by atoms with van der Waals surface area (Å²) in [7, 11) is 1.59. The molecule has 2 aromatic carbocycles. The number of nitro groups is 1. The van der Waals surface area contributed by atoms with Crippen LogP contribution in [0.5, 0.6) is 11.5 Å². The molecule has 0 radical (unpaired) electrons. The van der Waals surface area contributed by atoms with Gasteiger partial charge < -0.3 is 14.8 Å². The van der Waals surface area contributed by atoms with Gasteiger partial charge in [0.2, 0.25) is 5.91 Å². The van der Waals surface area contributed by atoms with Gasteiger partial charge in [-0.05, 0) is 52.7 Å². The summed E-state index contributed by atoms with van der Waals surface area (Å²) in [6.45, 7) is 0.385. The molecule has 0 aliphatic carbocycles. The van der Waals surface area contributed by atoms with Crippen molar-refractivity contribution < 1.29 is 19.2 Å². The topological polar surface area (TPSA) is 90.7 Å². The Kier molecular flexibility index (Phi) is 6.76. The molecule has 1 N–H and O–H groups in total. The Balaban J connectivity index is 1.78. The number of halogens is 1. The number of rotatable bonds is 8. The van der Waals surface area contributed by atoms with Crippen molar-refractivity contribution in [3.05, 3.63) is 57.1 Å². The van der Waals surface area contributed by atoms with E-state index in [1.807, 2.05) is 0 Å². The van der Waals surface area contributed by atoms with Crippen LogP contribution in [-0.4, -0.2) is 24.5 Å². The van der Waals surface area contributed by atoms with Crippen LogP contribution < -0.4 is 14.8 Å². The molecular weight excluding hydrogens is 392 g/mol. The quantitative estimate of drug-likeness (QED) is 0.402. The normalized spacial score (nSPS) is 10.2. The number of methoxy groups -OCH3 is 1. The number of nitrogens with zero attached hydrogens (tertiary/aromatic N) is 1. The van der Waals surface area contributed by atoms with Gasteiger partial charge in [-0.25, -0.2) is 0 Å². The lowest BCUT2D eigenvalue weighted by atomic mass is 10.2. The van der Waals surface area contributed by atoms with Gasteiger partial charge in [-0.1, -0.05) is 0 Å². The van der Waals surface area contributed by atoms with Gasteiger partial charge in [-0.3, -0.25) is 14.9 Å². The third kappa shape index (κ3) is 5.75. The van der Waals surface area contributed by atoms with Crippen LogP contribution in [0.15, 0.2) is 46.9 Å². The van der Waals surface area contributed by atoms with E-state index in [9.17, 15) is 14.9 Å². The molecule has 8 heteroatoms. The fourth-order valence-electron chi connectivity index (χ4n) is 2.03. The maximum absolute atomic E-state index is 12.0. The first-order valence-corrected chi connectivity index (χ1v) is 8.29. The molecule has 0 unspecified atom stereocenters. The van der Waals surface area contributed by atoms with Gasteiger partial charge >= 0.3 is 0 Å². The molecule has 0 bridgehead atoms. The number of anilines is 1. The second-order valence-corrected chi connectivity index (χ2v) is 5.95. The number of nitro benzene ring substituents is 1.